The Bertz CT molecular complexity index is 714. The molecule has 128 valence electrons. The molecule has 0 spiro atoms. The SMILES string of the molecule is NC[C@]1(F)CCCN(c2nccc(Nc3cc(C4CC4)[nH]n3)n2)C1. The first-order valence-corrected chi connectivity index (χ1v) is 8.44. The average Bonchev–Trinajstić information content (AvgIpc) is 3.35. The van der Waals surface area contributed by atoms with Gasteiger partial charge in [-0.15, -0.1) is 0 Å². The van der Waals surface area contributed by atoms with Gasteiger partial charge in [-0.05, 0) is 31.7 Å². The molecular formula is C16H22FN7. The molecule has 7 nitrogen and oxygen atoms in total. The van der Waals surface area contributed by atoms with Gasteiger partial charge in [0, 0.05) is 37.0 Å². The second-order valence-electron chi connectivity index (χ2n) is 6.73. The molecule has 2 aromatic rings. The van der Waals surface area contributed by atoms with Crippen molar-refractivity contribution in [3.05, 3.63) is 24.0 Å². The Kier molecular flexibility index (Phi) is 3.84. The van der Waals surface area contributed by atoms with E-state index in [9.17, 15) is 4.39 Å². The Hall–Kier alpha value is -2.22. The summed E-state index contributed by atoms with van der Waals surface area (Å²) < 4.78 is 14.5. The lowest BCUT2D eigenvalue weighted by atomic mass is 9.95. The number of piperidine rings is 1. The van der Waals surface area contributed by atoms with Crippen molar-refractivity contribution in [1.82, 2.24) is 20.2 Å². The highest BCUT2D eigenvalue weighted by Gasteiger charge is 2.35. The zero-order chi connectivity index (χ0) is 16.6. The van der Waals surface area contributed by atoms with Crippen molar-refractivity contribution in [3.63, 3.8) is 0 Å². The quantitative estimate of drug-likeness (QED) is 0.776. The molecular weight excluding hydrogens is 309 g/mol. The Labute approximate surface area is 139 Å². The van der Waals surface area contributed by atoms with Gasteiger partial charge in [0.2, 0.25) is 5.95 Å². The monoisotopic (exact) mass is 331 g/mol. The summed E-state index contributed by atoms with van der Waals surface area (Å²) in [6, 6.07) is 3.80. The Morgan fingerprint density at radius 3 is 3.08 bits per heavy atom. The second-order valence-corrected chi connectivity index (χ2v) is 6.73. The van der Waals surface area contributed by atoms with Crippen LogP contribution in [0.1, 0.15) is 37.3 Å². The summed E-state index contributed by atoms with van der Waals surface area (Å²) in [5, 5.41) is 10.5. The average molecular weight is 331 g/mol. The number of aromatic nitrogens is 4. The van der Waals surface area contributed by atoms with Crippen LogP contribution in [0.3, 0.4) is 0 Å². The van der Waals surface area contributed by atoms with Crippen LogP contribution < -0.4 is 16.0 Å². The number of alkyl halides is 1. The van der Waals surface area contributed by atoms with Crippen molar-refractivity contribution < 1.29 is 4.39 Å². The van der Waals surface area contributed by atoms with E-state index in [-0.39, 0.29) is 13.1 Å². The van der Waals surface area contributed by atoms with Gasteiger partial charge in [-0.1, -0.05) is 0 Å². The van der Waals surface area contributed by atoms with Gasteiger partial charge in [0.1, 0.15) is 11.5 Å². The Morgan fingerprint density at radius 1 is 1.42 bits per heavy atom. The number of nitrogens with two attached hydrogens (primary N) is 1. The van der Waals surface area contributed by atoms with Crippen molar-refractivity contribution in [3.8, 4) is 0 Å². The standard InChI is InChI=1S/C16H22FN7/c17-16(9-18)5-1-7-24(10-16)15-19-6-4-13(21-15)20-14-8-12(22-23-14)11-2-3-11/h4,6,8,11H,1-3,5,7,9-10,18H2,(H2,19,20,21,22,23)/t16-/m1/s1. The number of anilines is 3. The number of halogens is 1. The lowest BCUT2D eigenvalue weighted by Crippen LogP contribution is -2.50. The molecule has 4 N–H and O–H groups in total. The molecule has 8 heteroatoms. The maximum Gasteiger partial charge on any atom is 0.227 e. The molecule has 1 aliphatic carbocycles. The van der Waals surface area contributed by atoms with E-state index in [1.54, 1.807) is 12.3 Å². The zero-order valence-electron chi connectivity index (χ0n) is 13.5. The number of H-pyrrole nitrogens is 1. The van der Waals surface area contributed by atoms with E-state index in [0.29, 0.717) is 24.1 Å². The Morgan fingerprint density at radius 2 is 2.29 bits per heavy atom. The van der Waals surface area contributed by atoms with Crippen LogP contribution in [0.4, 0.5) is 22.0 Å². The van der Waals surface area contributed by atoms with Crippen LogP contribution in [-0.2, 0) is 0 Å². The molecule has 0 aromatic carbocycles. The summed E-state index contributed by atoms with van der Waals surface area (Å²) in [5.74, 6) is 2.53. The maximum atomic E-state index is 14.5. The van der Waals surface area contributed by atoms with Gasteiger partial charge in [-0.3, -0.25) is 5.10 Å². The minimum atomic E-state index is -1.35. The number of hydrogen-bond donors (Lipinski definition) is 3. The topological polar surface area (TPSA) is 95.8 Å². The fourth-order valence-electron chi connectivity index (χ4n) is 3.13. The number of hydrogen-bond acceptors (Lipinski definition) is 6. The van der Waals surface area contributed by atoms with Gasteiger partial charge >= 0.3 is 0 Å². The third-order valence-electron chi connectivity index (χ3n) is 4.69. The van der Waals surface area contributed by atoms with E-state index in [1.807, 2.05) is 11.0 Å². The summed E-state index contributed by atoms with van der Waals surface area (Å²) in [6.45, 7) is 1.00. The minimum Gasteiger partial charge on any atom is -0.338 e. The van der Waals surface area contributed by atoms with Gasteiger partial charge in [0.05, 0.1) is 6.54 Å². The van der Waals surface area contributed by atoms with E-state index in [2.05, 4.69) is 25.5 Å². The smallest absolute Gasteiger partial charge is 0.227 e. The molecule has 1 saturated carbocycles. The number of rotatable bonds is 5. The molecule has 0 amide bonds. The van der Waals surface area contributed by atoms with E-state index >= 15 is 0 Å². The fraction of sp³-hybridized carbons (Fsp3) is 0.562. The van der Waals surface area contributed by atoms with Gasteiger partial charge in [-0.2, -0.15) is 10.1 Å². The first kappa shape index (κ1) is 15.3. The van der Waals surface area contributed by atoms with Crippen LogP contribution in [-0.4, -0.2) is 45.5 Å². The lowest BCUT2D eigenvalue weighted by Gasteiger charge is -2.36. The van der Waals surface area contributed by atoms with Crippen molar-refractivity contribution >= 4 is 17.6 Å². The summed E-state index contributed by atoms with van der Waals surface area (Å²) in [7, 11) is 0. The van der Waals surface area contributed by atoms with E-state index in [0.717, 1.165) is 24.5 Å². The first-order valence-electron chi connectivity index (χ1n) is 8.44. The maximum absolute atomic E-state index is 14.5. The van der Waals surface area contributed by atoms with E-state index in [1.165, 1.54) is 12.8 Å². The molecule has 0 unspecified atom stereocenters. The molecule has 2 aliphatic rings. The van der Waals surface area contributed by atoms with Gasteiger partial charge in [-0.25, -0.2) is 9.37 Å². The highest BCUT2D eigenvalue weighted by molar-refractivity contribution is 5.53. The van der Waals surface area contributed by atoms with E-state index < -0.39 is 5.67 Å². The minimum absolute atomic E-state index is 0.0264. The highest BCUT2D eigenvalue weighted by atomic mass is 19.1. The van der Waals surface area contributed by atoms with Gasteiger partial charge in [0.25, 0.3) is 0 Å². The number of aromatic amines is 1. The van der Waals surface area contributed by atoms with Gasteiger partial charge < -0.3 is 16.0 Å². The summed E-state index contributed by atoms with van der Waals surface area (Å²) >= 11 is 0. The fourth-order valence-corrected chi connectivity index (χ4v) is 3.13. The lowest BCUT2D eigenvalue weighted by molar-refractivity contribution is 0.145. The van der Waals surface area contributed by atoms with Crippen LogP contribution >= 0.6 is 0 Å². The molecule has 1 atom stereocenters. The van der Waals surface area contributed by atoms with Gasteiger partial charge in [0.15, 0.2) is 5.82 Å². The van der Waals surface area contributed by atoms with Crippen LogP contribution in [0.15, 0.2) is 18.3 Å². The van der Waals surface area contributed by atoms with E-state index in [4.69, 9.17) is 5.73 Å². The first-order chi connectivity index (χ1) is 11.6. The molecule has 24 heavy (non-hydrogen) atoms. The molecule has 0 bridgehead atoms. The van der Waals surface area contributed by atoms with Crippen molar-refractivity contribution in [1.29, 1.82) is 0 Å². The molecule has 0 radical (unpaired) electrons. The largest absolute Gasteiger partial charge is 0.338 e. The van der Waals surface area contributed by atoms with Crippen LogP contribution in [0, 0.1) is 0 Å². The summed E-state index contributed by atoms with van der Waals surface area (Å²) in [6.07, 6.45) is 5.37. The van der Waals surface area contributed by atoms with Crippen LogP contribution in [0.5, 0.6) is 0 Å². The predicted octanol–water partition coefficient (Wildman–Crippen LogP) is 2.09. The molecule has 4 rings (SSSR count). The third-order valence-corrected chi connectivity index (χ3v) is 4.69. The summed E-state index contributed by atoms with van der Waals surface area (Å²) in [5.41, 5.74) is 5.38. The molecule has 2 fully saturated rings. The summed E-state index contributed by atoms with van der Waals surface area (Å²) in [4.78, 5) is 10.7. The number of nitrogens with one attached hydrogen (secondary N) is 2. The van der Waals surface area contributed by atoms with Crippen molar-refractivity contribution in [2.75, 3.05) is 29.9 Å². The predicted molar refractivity (Wildman–Crippen MR) is 90.2 cm³/mol. The Balaban J connectivity index is 1.48. The molecule has 1 aliphatic heterocycles. The highest BCUT2D eigenvalue weighted by Crippen LogP contribution is 2.39. The zero-order valence-corrected chi connectivity index (χ0v) is 13.5. The molecule has 2 aromatic heterocycles. The van der Waals surface area contributed by atoms with Crippen LogP contribution in [0.25, 0.3) is 0 Å². The van der Waals surface area contributed by atoms with Crippen molar-refractivity contribution in [2.24, 2.45) is 5.73 Å². The van der Waals surface area contributed by atoms with Crippen LogP contribution in [0.2, 0.25) is 0 Å². The molecule has 3 heterocycles. The van der Waals surface area contributed by atoms with Crippen molar-refractivity contribution in [2.45, 2.75) is 37.3 Å². The number of nitrogens with zero attached hydrogens (tertiary/aromatic N) is 4. The second kappa shape index (κ2) is 6.01. The third kappa shape index (κ3) is 3.19. The normalized spacial score (nSPS) is 24.2. The molecule has 1 saturated heterocycles.